The molecule has 0 unspecified atom stereocenters. The molecule has 76 valence electrons. The SMILES string of the molecule is CC[C@@H]1C[C@](O)(c2ccccc2)[C@H]1O. The zero-order valence-corrected chi connectivity index (χ0v) is 8.35. The first-order chi connectivity index (χ1) is 6.68. The van der Waals surface area contributed by atoms with Gasteiger partial charge in [-0.3, -0.25) is 0 Å². The second-order valence-corrected chi connectivity index (χ2v) is 4.11. The Morgan fingerprint density at radius 1 is 1.36 bits per heavy atom. The zero-order valence-electron chi connectivity index (χ0n) is 8.35. The number of rotatable bonds is 2. The van der Waals surface area contributed by atoms with Crippen LogP contribution < -0.4 is 0 Å². The lowest BCUT2D eigenvalue weighted by atomic mass is 9.64. The van der Waals surface area contributed by atoms with E-state index in [0.717, 1.165) is 12.0 Å². The predicted octanol–water partition coefficient (Wildman–Crippen LogP) is 1.66. The molecule has 1 aliphatic rings. The molecule has 0 aliphatic heterocycles. The predicted molar refractivity (Wildman–Crippen MR) is 54.7 cm³/mol. The van der Waals surface area contributed by atoms with E-state index in [0.29, 0.717) is 6.42 Å². The van der Waals surface area contributed by atoms with Crippen LogP contribution in [-0.2, 0) is 5.60 Å². The van der Waals surface area contributed by atoms with Gasteiger partial charge in [0.25, 0.3) is 0 Å². The van der Waals surface area contributed by atoms with Crippen molar-refractivity contribution in [2.45, 2.75) is 31.5 Å². The second kappa shape index (κ2) is 3.37. The summed E-state index contributed by atoms with van der Waals surface area (Å²) in [6, 6.07) is 9.43. The molecule has 0 amide bonds. The average molecular weight is 192 g/mol. The Labute approximate surface area is 84.2 Å². The summed E-state index contributed by atoms with van der Waals surface area (Å²) in [4.78, 5) is 0. The van der Waals surface area contributed by atoms with Crippen LogP contribution in [0.1, 0.15) is 25.3 Å². The molecule has 1 aliphatic carbocycles. The summed E-state index contributed by atoms with van der Waals surface area (Å²) in [6.45, 7) is 2.04. The van der Waals surface area contributed by atoms with Gasteiger partial charge in [0.05, 0.1) is 6.10 Å². The molecule has 1 aromatic rings. The normalized spacial score (nSPS) is 36.5. The van der Waals surface area contributed by atoms with Crippen molar-refractivity contribution in [3.8, 4) is 0 Å². The van der Waals surface area contributed by atoms with Gasteiger partial charge in [0, 0.05) is 0 Å². The van der Waals surface area contributed by atoms with E-state index in [9.17, 15) is 10.2 Å². The first kappa shape index (κ1) is 9.69. The smallest absolute Gasteiger partial charge is 0.116 e. The van der Waals surface area contributed by atoms with E-state index >= 15 is 0 Å². The Morgan fingerprint density at radius 3 is 2.50 bits per heavy atom. The van der Waals surface area contributed by atoms with Crippen molar-refractivity contribution >= 4 is 0 Å². The molecule has 2 heteroatoms. The van der Waals surface area contributed by atoms with Crippen molar-refractivity contribution < 1.29 is 10.2 Å². The number of hydrogen-bond donors (Lipinski definition) is 2. The van der Waals surface area contributed by atoms with Crippen LogP contribution in [0.25, 0.3) is 0 Å². The topological polar surface area (TPSA) is 40.5 Å². The average Bonchev–Trinajstić information content (AvgIpc) is 2.26. The summed E-state index contributed by atoms with van der Waals surface area (Å²) >= 11 is 0. The molecule has 1 fully saturated rings. The van der Waals surface area contributed by atoms with E-state index in [1.165, 1.54) is 0 Å². The van der Waals surface area contributed by atoms with Crippen LogP contribution in [0.5, 0.6) is 0 Å². The van der Waals surface area contributed by atoms with Crippen molar-refractivity contribution in [1.29, 1.82) is 0 Å². The van der Waals surface area contributed by atoms with Crippen molar-refractivity contribution in [1.82, 2.24) is 0 Å². The Kier molecular flexibility index (Phi) is 2.33. The van der Waals surface area contributed by atoms with Crippen LogP contribution >= 0.6 is 0 Å². The summed E-state index contributed by atoms with van der Waals surface area (Å²) in [5, 5.41) is 20.0. The molecular formula is C12H16O2. The van der Waals surface area contributed by atoms with Crippen LogP contribution in [0.2, 0.25) is 0 Å². The van der Waals surface area contributed by atoms with Gasteiger partial charge in [0.1, 0.15) is 5.60 Å². The van der Waals surface area contributed by atoms with Gasteiger partial charge in [-0.15, -0.1) is 0 Å². The highest BCUT2D eigenvalue weighted by Gasteiger charge is 2.52. The Bertz CT molecular complexity index is 309. The lowest BCUT2D eigenvalue weighted by Gasteiger charge is -2.49. The lowest BCUT2D eigenvalue weighted by molar-refractivity contribution is -0.193. The maximum Gasteiger partial charge on any atom is 0.116 e. The van der Waals surface area contributed by atoms with E-state index in [1.54, 1.807) is 0 Å². The van der Waals surface area contributed by atoms with Gasteiger partial charge in [-0.05, 0) is 17.9 Å². The molecular weight excluding hydrogens is 176 g/mol. The minimum Gasteiger partial charge on any atom is -0.389 e. The van der Waals surface area contributed by atoms with Crippen LogP contribution in [0, 0.1) is 5.92 Å². The molecule has 1 aromatic carbocycles. The van der Waals surface area contributed by atoms with Gasteiger partial charge < -0.3 is 10.2 Å². The van der Waals surface area contributed by atoms with Gasteiger partial charge in [0.2, 0.25) is 0 Å². The van der Waals surface area contributed by atoms with Crippen molar-refractivity contribution in [3.05, 3.63) is 35.9 Å². The monoisotopic (exact) mass is 192 g/mol. The first-order valence-electron chi connectivity index (χ1n) is 5.14. The summed E-state index contributed by atoms with van der Waals surface area (Å²) < 4.78 is 0. The van der Waals surface area contributed by atoms with Gasteiger partial charge in [-0.25, -0.2) is 0 Å². The molecule has 3 atom stereocenters. The minimum absolute atomic E-state index is 0.250. The highest BCUT2D eigenvalue weighted by molar-refractivity contribution is 5.27. The third-order valence-corrected chi connectivity index (χ3v) is 3.31. The highest BCUT2D eigenvalue weighted by Crippen LogP contribution is 2.46. The summed E-state index contributed by atoms with van der Waals surface area (Å²) in [7, 11) is 0. The molecule has 2 nitrogen and oxygen atoms in total. The summed E-state index contributed by atoms with van der Waals surface area (Å²) in [6.07, 6.45) is 1.00. The summed E-state index contributed by atoms with van der Waals surface area (Å²) in [5.74, 6) is 0.250. The third-order valence-electron chi connectivity index (χ3n) is 3.31. The van der Waals surface area contributed by atoms with E-state index in [-0.39, 0.29) is 5.92 Å². The number of aliphatic hydroxyl groups excluding tert-OH is 1. The minimum atomic E-state index is -0.998. The molecule has 0 spiro atoms. The fraction of sp³-hybridized carbons (Fsp3) is 0.500. The van der Waals surface area contributed by atoms with Crippen LogP contribution in [0.4, 0.5) is 0 Å². The first-order valence-corrected chi connectivity index (χ1v) is 5.14. The van der Waals surface area contributed by atoms with Gasteiger partial charge in [0.15, 0.2) is 0 Å². The van der Waals surface area contributed by atoms with Gasteiger partial charge in [-0.2, -0.15) is 0 Å². The molecule has 0 radical (unpaired) electrons. The third kappa shape index (κ3) is 1.26. The van der Waals surface area contributed by atoms with Gasteiger partial charge >= 0.3 is 0 Å². The Morgan fingerprint density at radius 2 is 2.00 bits per heavy atom. The molecule has 0 saturated heterocycles. The molecule has 14 heavy (non-hydrogen) atoms. The van der Waals surface area contributed by atoms with E-state index in [4.69, 9.17) is 0 Å². The molecule has 0 heterocycles. The van der Waals surface area contributed by atoms with Crippen LogP contribution in [0.15, 0.2) is 30.3 Å². The Balaban J connectivity index is 2.21. The van der Waals surface area contributed by atoms with Crippen molar-refractivity contribution in [3.63, 3.8) is 0 Å². The van der Waals surface area contributed by atoms with Crippen molar-refractivity contribution in [2.24, 2.45) is 5.92 Å². The number of benzene rings is 1. The van der Waals surface area contributed by atoms with E-state index in [1.807, 2.05) is 37.3 Å². The Hall–Kier alpha value is -0.860. The number of hydrogen-bond acceptors (Lipinski definition) is 2. The van der Waals surface area contributed by atoms with Crippen LogP contribution in [0.3, 0.4) is 0 Å². The quantitative estimate of drug-likeness (QED) is 0.748. The molecule has 0 aromatic heterocycles. The maximum atomic E-state index is 10.2. The molecule has 1 saturated carbocycles. The molecule has 0 bridgehead atoms. The maximum absolute atomic E-state index is 10.2. The van der Waals surface area contributed by atoms with E-state index < -0.39 is 11.7 Å². The van der Waals surface area contributed by atoms with E-state index in [2.05, 4.69) is 0 Å². The van der Waals surface area contributed by atoms with Crippen molar-refractivity contribution in [2.75, 3.05) is 0 Å². The molecule has 2 rings (SSSR count). The highest BCUT2D eigenvalue weighted by atomic mass is 16.3. The van der Waals surface area contributed by atoms with Gasteiger partial charge in [-0.1, -0.05) is 43.7 Å². The zero-order chi connectivity index (χ0) is 10.2. The summed E-state index contributed by atoms with van der Waals surface area (Å²) in [5.41, 5.74) is -0.167. The van der Waals surface area contributed by atoms with Crippen LogP contribution in [-0.4, -0.2) is 16.3 Å². The largest absolute Gasteiger partial charge is 0.389 e. The standard InChI is InChI=1S/C12H16O2/c1-2-9-8-12(14,11(9)13)10-6-4-3-5-7-10/h3-7,9,11,13-14H,2,8H2,1H3/t9-,11+,12+/m1/s1. The molecule has 2 N–H and O–H groups in total. The number of aliphatic hydroxyl groups is 2. The lowest BCUT2D eigenvalue weighted by Crippen LogP contribution is -2.55. The fourth-order valence-corrected chi connectivity index (χ4v) is 2.24. The fourth-order valence-electron chi connectivity index (χ4n) is 2.24. The second-order valence-electron chi connectivity index (χ2n) is 4.11.